The van der Waals surface area contributed by atoms with Gasteiger partial charge >= 0.3 is 0 Å². The highest BCUT2D eigenvalue weighted by Gasteiger charge is 2.16. The minimum absolute atomic E-state index is 0.122. The largest absolute Gasteiger partial charge is 0.399 e. The molecule has 2 rings (SSSR count). The van der Waals surface area contributed by atoms with E-state index >= 15 is 0 Å². The highest BCUT2D eigenvalue weighted by Crippen LogP contribution is 2.19. The quantitative estimate of drug-likeness (QED) is 0.839. The molecule has 0 spiro atoms. The number of rotatable bonds is 3. The van der Waals surface area contributed by atoms with Crippen molar-refractivity contribution in [1.29, 1.82) is 0 Å². The van der Waals surface area contributed by atoms with Crippen LogP contribution in [0.25, 0.3) is 0 Å². The van der Waals surface area contributed by atoms with Crippen molar-refractivity contribution in [3.63, 3.8) is 0 Å². The van der Waals surface area contributed by atoms with Crippen LogP contribution in [-0.2, 0) is 0 Å². The van der Waals surface area contributed by atoms with Gasteiger partial charge in [-0.3, -0.25) is 9.78 Å². The van der Waals surface area contributed by atoms with Crippen LogP contribution < -0.4 is 10.6 Å². The summed E-state index contributed by atoms with van der Waals surface area (Å²) in [6, 6.07) is 12.6. The molecule has 92 valence electrons. The lowest BCUT2D eigenvalue weighted by Crippen LogP contribution is -2.31. The number of aromatic nitrogens is 1. The fourth-order valence-corrected chi connectivity index (χ4v) is 1.76. The average Bonchev–Trinajstić information content (AvgIpc) is 2.40. The topological polar surface area (TPSA) is 59.2 Å². The van der Waals surface area contributed by atoms with Gasteiger partial charge in [0.05, 0.1) is 0 Å². The monoisotopic (exact) mass is 241 g/mol. The Balaban J connectivity index is 2.32. The number of benzene rings is 1. The number of amides is 1. The fourth-order valence-electron chi connectivity index (χ4n) is 1.76. The molecule has 0 radical (unpaired) electrons. The van der Waals surface area contributed by atoms with E-state index in [1.165, 1.54) is 0 Å². The van der Waals surface area contributed by atoms with Gasteiger partial charge in [-0.05, 0) is 37.3 Å². The summed E-state index contributed by atoms with van der Waals surface area (Å²) in [5.74, 6) is -0.122. The van der Waals surface area contributed by atoms with Crippen molar-refractivity contribution >= 4 is 17.3 Å². The van der Waals surface area contributed by atoms with E-state index in [0.29, 0.717) is 17.9 Å². The number of hydrogen-bond acceptors (Lipinski definition) is 3. The van der Waals surface area contributed by atoms with Crippen LogP contribution in [0.2, 0.25) is 0 Å². The van der Waals surface area contributed by atoms with Crippen molar-refractivity contribution in [1.82, 2.24) is 4.98 Å². The third-order valence-electron chi connectivity index (χ3n) is 2.63. The van der Waals surface area contributed by atoms with Crippen LogP contribution in [0.1, 0.15) is 17.4 Å². The molecule has 0 aliphatic rings. The summed E-state index contributed by atoms with van der Waals surface area (Å²) in [5, 5.41) is 0. The SMILES string of the molecule is CCN(C(=O)c1ccccn1)c1cccc(N)c1. The van der Waals surface area contributed by atoms with E-state index in [0.717, 1.165) is 5.69 Å². The molecular weight excluding hydrogens is 226 g/mol. The van der Waals surface area contributed by atoms with Crippen molar-refractivity contribution < 1.29 is 4.79 Å². The molecule has 0 aliphatic heterocycles. The lowest BCUT2D eigenvalue weighted by atomic mass is 10.2. The molecule has 4 nitrogen and oxygen atoms in total. The lowest BCUT2D eigenvalue weighted by Gasteiger charge is -2.20. The summed E-state index contributed by atoms with van der Waals surface area (Å²) < 4.78 is 0. The van der Waals surface area contributed by atoms with Crippen molar-refractivity contribution in [2.75, 3.05) is 17.2 Å². The summed E-state index contributed by atoms with van der Waals surface area (Å²) >= 11 is 0. The van der Waals surface area contributed by atoms with Gasteiger partial charge in [0.1, 0.15) is 5.69 Å². The third-order valence-corrected chi connectivity index (χ3v) is 2.63. The predicted octanol–water partition coefficient (Wildman–Crippen LogP) is 2.33. The van der Waals surface area contributed by atoms with Gasteiger partial charge < -0.3 is 10.6 Å². The lowest BCUT2D eigenvalue weighted by molar-refractivity contribution is 0.0983. The van der Waals surface area contributed by atoms with E-state index in [-0.39, 0.29) is 5.91 Å². The van der Waals surface area contributed by atoms with E-state index in [4.69, 9.17) is 5.73 Å². The Kier molecular flexibility index (Phi) is 3.57. The Labute approximate surface area is 106 Å². The number of nitrogen functional groups attached to an aromatic ring is 1. The molecule has 2 N–H and O–H groups in total. The molecule has 0 saturated heterocycles. The van der Waals surface area contributed by atoms with Crippen molar-refractivity contribution in [3.05, 3.63) is 54.4 Å². The first-order valence-corrected chi connectivity index (χ1v) is 5.81. The van der Waals surface area contributed by atoms with Gasteiger partial charge in [0.25, 0.3) is 5.91 Å². The average molecular weight is 241 g/mol. The van der Waals surface area contributed by atoms with Crippen molar-refractivity contribution in [2.24, 2.45) is 0 Å². The van der Waals surface area contributed by atoms with Gasteiger partial charge in [-0.15, -0.1) is 0 Å². The maximum Gasteiger partial charge on any atom is 0.276 e. The second kappa shape index (κ2) is 5.31. The van der Waals surface area contributed by atoms with Crippen LogP contribution in [0.3, 0.4) is 0 Å². The predicted molar refractivity (Wildman–Crippen MR) is 72.4 cm³/mol. The molecule has 2 aromatic rings. The summed E-state index contributed by atoms with van der Waals surface area (Å²) in [5.41, 5.74) is 7.59. The Morgan fingerprint density at radius 3 is 2.72 bits per heavy atom. The standard InChI is InChI=1S/C14H15N3O/c1-2-17(12-7-5-6-11(15)10-12)14(18)13-8-3-4-9-16-13/h3-10H,2,15H2,1H3. The van der Waals surface area contributed by atoms with Crippen molar-refractivity contribution in [2.45, 2.75) is 6.92 Å². The van der Waals surface area contributed by atoms with Crippen molar-refractivity contribution in [3.8, 4) is 0 Å². The number of nitrogens with two attached hydrogens (primary N) is 1. The van der Waals surface area contributed by atoms with Crippen LogP contribution in [0.4, 0.5) is 11.4 Å². The molecule has 0 saturated carbocycles. The van der Waals surface area contributed by atoms with Crippen LogP contribution in [0.15, 0.2) is 48.7 Å². The van der Waals surface area contributed by atoms with E-state index < -0.39 is 0 Å². The summed E-state index contributed by atoms with van der Waals surface area (Å²) in [6.45, 7) is 2.49. The molecule has 4 heteroatoms. The molecule has 18 heavy (non-hydrogen) atoms. The smallest absolute Gasteiger partial charge is 0.276 e. The number of anilines is 2. The number of nitrogens with zero attached hydrogens (tertiary/aromatic N) is 2. The molecule has 0 atom stereocenters. The maximum atomic E-state index is 12.3. The zero-order valence-corrected chi connectivity index (χ0v) is 10.2. The molecule has 0 bridgehead atoms. The van der Waals surface area contributed by atoms with Crippen LogP contribution in [0, 0.1) is 0 Å². The molecular formula is C14H15N3O. The Hall–Kier alpha value is -2.36. The first-order chi connectivity index (χ1) is 8.72. The first kappa shape index (κ1) is 12.1. The molecule has 1 amide bonds. The van der Waals surface area contributed by atoms with E-state index in [1.807, 2.05) is 19.1 Å². The third kappa shape index (κ3) is 2.48. The normalized spacial score (nSPS) is 10.1. The van der Waals surface area contributed by atoms with E-state index in [2.05, 4.69) is 4.98 Å². The summed E-state index contributed by atoms with van der Waals surface area (Å²) in [6.07, 6.45) is 1.61. The highest BCUT2D eigenvalue weighted by atomic mass is 16.2. The number of hydrogen-bond donors (Lipinski definition) is 1. The van der Waals surface area contributed by atoms with Gasteiger partial charge in [-0.25, -0.2) is 0 Å². The first-order valence-electron chi connectivity index (χ1n) is 5.81. The Bertz CT molecular complexity index is 540. The van der Waals surface area contributed by atoms with Gasteiger partial charge in [-0.1, -0.05) is 12.1 Å². The van der Waals surface area contributed by atoms with Gasteiger partial charge in [-0.2, -0.15) is 0 Å². The second-order valence-corrected chi connectivity index (χ2v) is 3.86. The maximum absolute atomic E-state index is 12.3. The minimum Gasteiger partial charge on any atom is -0.399 e. The van der Waals surface area contributed by atoms with Crippen LogP contribution >= 0.6 is 0 Å². The molecule has 1 heterocycles. The van der Waals surface area contributed by atoms with Gasteiger partial charge in [0.2, 0.25) is 0 Å². The minimum atomic E-state index is -0.122. The van der Waals surface area contributed by atoms with Crippen LogP contribution in [-0.4, -0.2) is 17.4 Å². The zero-order valence-electron chi connectivity index (χ0n) is 10.2. The fraction of sp³-hybridized carbons (Fsp3) is 0.143. The van der Waals surface area contributed by atoms with Gasteiger partial charge in [0, 0.05) is 24.1 Å². The Morgan fingerprint density at radius 1 is 1.28 bits per heavy atom. The molecule has 1 aromatic carbocycles. The highest BCUT2D eigenvalue weighted by molar-refractivity contribution is 6.04. The van der Waals surface area contributed by atoms with Gasteiger partial charge in [0.15, 0.2) is 0 Å². The molecule has 0 aliphatic carbocycles. The molecule has 1 aromatic heterocycles. The molecule has 0 fully saturated rings. The van der Waals surface area contributed by atoms with E-state index in [9.17, 15) is 4.79 Å². The second-order valence-electron chi connectivity index (χ2n) is 3.86. The Morgan fingerprint density at radius 2 is 2.11 bits per heavy atom. The van der Waals surface area contributed by atoms with Crippen LogP contribution in [0.5, 0.6) is 0 Å². The summed E-state index contributed by atoms with van der Waals surface area (Å²) in [7, 11) is 0. The number of carbonyl (C=O) groups is 1. The van der Waals surface area contributed by atoms with E-state index in [1.54, 1.807) is 41.4 Å². The molecule has 0 unspecified atom stereocenters. The number of pyridine rings is 1. The summed E-state index contributed by atoms with van der Waals surface area (Å²) in [4.78, 5) is 18.0. The number of carbonyl (C=O) groups excluding carboxylic acids is 1. The zero-order chi connectivity index (χ0) is 13.0.